The molecule has 0 aliphatic heterocycles. The number of aryl methyl sites for hydroxylation is 1. The van der Waals surface area contributed by atoms with E-state index in [0.717, 1.165) is 26.1 Å². The Kier molecular flexibility index (Phi) is 5.57. The Morgan fingerprint density at radius 1 is 1.05 bits per heavy atom. The fourth-order valence-corrected chi connectivity index (χ4v) is 2.04. The summed E-state index contributed by atoms with van der Waals surface area (Å²) in [5.41, 5.74) is 8.87. The van der Waals surface area contributed by atoms with Gasteiger partial charge in [0.2, 0.25) is 0 Å². The third kappa shape index (κ3) is 5.33. The van der Waals surface area contributed by atoms with E-state index in [0.29, 0.717) is 0 Å². The summed E-state index contributed by atoms with van der Waals surface area (Å²) in [5, 5.41) is 3.57. The van der Waals surface area contributed by atoms with Crippen molar-refractivity contribution < 1.29 is 0 Å². The fourth-order valence-electron chi connectivity index (χ4n) is 2.04. The van der Waals surface area contributed by atoms with Gasteiger partial charge in [0.05, 0.1) is 0 Å². The molecule has 2 heteroatoms. The molecule has 0 radical (unpaired) electrons. The predicted octanol–water partition coefficient (Wildman–Crippen LogP) is 3.24. The molecule has 0 saturated carbocycles. The van der Waals surface area contributed by atoms with E-state index in [1.807, 2.05) is 0 Å². The molecule has 1 rings (SSSR count). The number of hydrogen-bond donors (Lipinski definition) is 2. The highest BCUT2D eigenvalue weighted by Crippen LogP contribution is 2.23. The minimum atomic E-state index is 0.167. The van der Waals surface area contributed by atoms with Crippen molar-refractivity contribution in [3.8, 4) is 0 Å². The molecule has 0 fully saturated rings. The van der Waals surface area contributed by atoms with Crippen molar-refractivity contribution in [2.75, 3.05) is 19.6 Å². The maximum atomic E-state index is 5.75. The topological polar surface area (TPSA) is 38.0 Å². The number of nitrogens with two attached hydrogens (primary N) is 1. The number of benzene rings is 1. The van der Waals surface area contributed by atoms with Crippen LogP contribution in [0.2, 0.25) is 0 Å². The number of hydrogen-bond acceptors (Lipinski definition) is 2. The molecule has 1 aromatic carbocycles. The molecule has 0 bridgehead atoms. The van der Waals surface area contributed by atoms with E-state index in [2.05, 4.69) is 64.2 Å². The van der Waals surface area contributed by atoms with Crippen molar-refractivity contribution >= 4 is 0 Å². The fraction of sp³-hybridized carbons (Fsp3) is 0.647. The van der Waals surface area contributed by atoms with Crippen molar-refractivity contribution in [2.45, 2.75) is 46.5 Å². The van der Waals surface area contributed by atoms with Gasteiger partial charge in [0.25, 0.3) is 0 Å². The molecular weight excluding hydrogens is 232 g/mol. The van der Waals surface area contributed by atoms with E-state index in [-0.39, 0.29) is 10.8 Å². The highest BCUT2D eigenvalue weighted by atomic mass is 14.9. The van der Waals surface area contributed by atoms with Crippen LogP contribution >= 0.6 is 0 Å². The molecule has 0 spiro atoms. The van der Waals surface area contributed by atoms with Crippen LogP contribution in [0.1, 0.15) is 45.2 Å². The molecule has 0 aliphatic rings. The largest absolute Gasteiger partial charge is 0.330 e. The van der Waals surface area contributed by atoms with Gasteiger partial charge in [-0.3, -0.25) is 0 Å². The van der Waals surface area contributed by atoms with E-state index in [9.17, 15) is 0 Å². The van der Waals surface area contributed by atoms with Gasteiger partial charge < -0.3 is 11.1 Å². The van der Waals surface area contributed by atoms with Crippen LogP contribution in [-0.4, -0.2) is 19.6 Å². The third-order valence-corrected chi connectivity index (χ3v) is 3.93. The van der Waals surface area contributed by atoms with Crippen molar-refractivity contribution in [1.82, 2.24) is 5.32 Å². The second-order valence-electron chi connectivity index (χ2n) is 7.05. The van der Waals surface area contributed by atoms with Crippen molar-refractivity contribution in [3.63, 3.8) is 0 Å². The molecule has 19 heavy (non-hydrogen) atoms. The molecule has 0 aliphatic carbocycles. The van der Waals surface area contributed by atoms with Gasteiger partial charge in [0.1, 0.15) is 0 Å². The molecule has 0 saturated heterocycles. The Morgan fingerprint density at radius 3 is 2.16 bits per heavy atom. The summed E-state index contributed by atoms with van der Waals surface area (Å²) < 4.78 is 0. The minimum absolute atomic E-state index is 0.167. The van der Waals surface area contributed by atoms with Crippen LogP contribution < -0.4 is 11.1 Å². The van der Waals surface area contributed by atoms with E-state index >= 15 is 0 Å². The predicted molar refractivity (Wildman–Crippen MR) is 84.5 cm³/mol. The molecule has 108 valence electrons. The summed E-state index contributed by atoms with van der Waals surface area (Å²) in [6.45, 7) is 13.9. The van der Waals surface area contributed by atoms with Crippen LogP contribution in [0.15, 0.2) is 24.3 Å². The Bertz CT molecular complexity index is 377. The quantitative estimate of drug-likeness (QED) is 0.740. The molecule has 0 aromatic heterocycles. The summed E-state index contributed by atoms with van der Waals surface area (Å²) >= 11 is 0. The normalized spacial score (nSPS) is 12.7. The average Bonchev–Trinajstić information content (AvgIpc) is 2.35. The third-order valence-electron chi connectivity index (χ3n) is 3.93. The van der Waals surface area contributed by atoms with E-state index in [1.165, 1.54) is 11.1 Å². The van der Waals surface area contributed by atoms with E-state index in [4.69, 9.17) is 5.73 Å². The first-order valence-electron chi connectivity index (χ1n) is 7.25. The van der Waals surface area contributed by atoms with Crippen molar-refractivity contribution in [1.29, 1.82) is 0 Å². The summed E-state index contributed by atoms with van der Waals surface area (Å²) in [4.78, 5) is 0. The minimum Gasteiger partial charge on any atom is -0.330 e. The second kappa shape index (κ2) is 6.53. The Balaban J connectivity index is 2.45. The van der Waals surface area contributed by atoms with Crippen LogP contribution in [-0.2, 0) is 5.41 Å². The zero-order valence-corrected chi connectivity index (χ0v) is 13.2. The maximum absolute atomic E-state index is 5.75. The van der Waals surface area contributed by atoms with Gasteiger partial charge in [-0.05, 0) is 37.4 Å². The molecule has 1 aromatic rings. The van der Waals surface area contributed by atoms with Crippen molar-refractivity contribution in [2.24, 2.45) is 11.1 Å². The first-order valence-corrected chi connectivity index (χ1v) is 7.25. The van der Waals surface area contributed by atoms with Crippen molar-refractivity contribution in [3.05, 3.63) is 35.4 Å². The first-order chi connectivity index (χ1) is 8.77. The second-order valence-corrected chi connectivity index (χ2v) is 7.05. The van der Waals surface area contributed by atoms with Gasteiger partial charge in [-0.1, -0.05) is 57.5 Å². The molecule has 3 N–H and O–H groups in total. The Labute approximate surface area is 118 Å². The van der Waals surface area contributed by atoms with Gasteiger partial charge in [-0.15, -0.1) is 0 Å². The Hall–Kier alpha value is -0.860. The highest BCUT2D eigenvalue weighted by molar-refractivity contribution is 5.27. The molecule has 0 amide bonds. The number of rotatable bonds is 7. The zero-order valence-electron chi connectivity index (χ0n) is 13.2. The monoisotopic (exact) mass is 262 g/mol. The Morgan fingerprint density at radius 2 is 1.63 bits per heavy atom. The lowest BCUT2D eigenvalue weighted by Crippen LogP contribution is -2.36. The van der Waals surface area contributed by atoms with Crippen LogP contribution in [0.3, 0.4) is 0 Å². The van der Waals surface area contributed by atoms with Crippen LogP contribution in [0, 0.1) is 12.3 Å². The SMILES string of the molecule is Cc1ccc(C(C)(C)CNCCC(C)(C)CN)cc1. The molecular formula is C17H30N2. The van der Waals surface area contributed by atoms with Crippen LogP contribution in [0.5, 0.6) is 0 Å². The summed E-state index contributed by atoms with van der Waals surface area (Å²) in [7, 11) is 0. The first kappa shape index (κ1) is 16.2. The van der Waals surface area contributed by atoms with Gasteiger partial charge in [-0.25, -0.2) is 0 Å². The van der Waals surface area contributed by atoms with E-state index in [1.54, 1.807) is 0 Å². The summed E-state index contributed by atoms with van der Waals surface area (Å²) in [6, 6.07) is 8.85. The molecule has 0 atom stereocenters. The smallest absolute Gasteiger partial charge is 0.00431 e. The lowest BCUT2D eigenvalue weighted by Gasteiger charge is -2.28. The van der Waals surface area contributed by atoms with Gasteiger partial charge in [-0.2, -0.15) is 0 Å². The van der Waals surface area contributed by atoms with Crippen LogP contribution in [0.4, 0.5) is 0 Å². The summed E-state index contributed by atoms with van der Waals surface area (Å²) in [6.07, 6.45) is 1.12. The van der Waals surface area contributed by atoms with Gasteiger partial charge >= 0.3 is 0 Å². The summed E-state index contributed by atoms with van der Waals surface area (Å²) in [5.74, 6) is 0. The lowest BCUT2D eigenvalue weighted by atomic mass is 9.84. The lowest BCUT2D eigenvalue weighted by molar-refractivity contribution is 0.331. The van der Waals surface area contributed by atoms with Crippen LogP contribution in [0.25, 0.3) is 0 Å². The highest BCUT2D eigenvalue weighted by Gasteiger charge is 2.20. The van der Waals surface area contributed by atoms with Gasteiger partial charge in [0.15, 0.2) is 0 Å². The number of nitrogens with one attached hydrogen (secondary N) is 1. The molecule has 0 heterocycles. The molecule has 2 nitrogen and oxygen atoms in total. The molecule has 0 unspecified atom stereocenters. The van der Waals surface area contributed by atoms with E-state index < -0.39 is 0 Å². The standard InChI is InChI=1S/C17H30N2/c1-14-6-8-15(9-7-14)17(4,5)13-19-11-10-16(2,3)12-18/h6-9,19H,10-13,18H2,1-5H3. The average molecular weight is 262 g/mol. The zero-order chi connectivity index (χ0) is 14.5. The van der Waals surface area contributed by atoms with Gasteiger partial charge in [0, 0.05) is 12.0 Å². The maximum Gasteiger partial charge on any atom is 0.00431 e.